The van der Waals surface area contributed by atoms with E-state index in [-0.39, 0.29) is 10.8 Å². The van der Waals surface area contributed by atoms with Crippen LogP contribution in [0.5, 0.6) is 0 Å². The highest BCUT2D eigenvalue weighted by Gasteiger charge is 2.22. The standard InChI is InChI=1S/C23H16BrFN2O3S2/c1-32(29,30)19-5-3-2-4-18(19)21-20(14-8-12-17(25)13-9-14)26-23(31-21)27-22(28)15-6-10-16(24)11-7-15/h2-13H,1H3,(H,26,27,28). The van der Waals surface area contributed by atoms with Gasteiger partial charge in [-0.2, -0.15) is 0 Å². The largest absolute Gasteiger partial charge is 0.298 e. The summed E-state index contributed by atoms with van der Waals surface area (Å²) in [5.41, 5.74) is 1.98. The number of nitrogens with zero attached hydrogens (tertiary/aromatic N) is 1. The van der Waals surface area contributed by atoms with E-state index < -0.39 is 15.7 Å². The molecule has 0 saturated carbocycles. The van der Waals surface area contributed by atoms with Crippen molar-refractivity contribution in [2.75, 3.05) is 11.6 Å². The van der Waals surface area contributed by atoms with E-state index in [0.717, 1.165) is 22.1 Å². The molecule has 0 radical (unpaired) electrons. The number of thiazole rings is 1. The molecule has 3 aromatic carbocycles. The van der Waals surface area contributed by atoms with Gasteiger partial charge in [-0.15, -0.1) is 0 Å². The molecule has 9 heteroatoms. The van der Waals surface area contributed by atoms with Gasteiger partial charge in [0.25, 0.3) is 5.91 Å². The highest BCUT2D eigenvalue weighted by Crippen LogP contribution is 2.41. The van der Waals surface area contributed by atoms with Gasteiger partial charge < -0.3 is 0 Å². The number of aromatic nitrogens is 1. The molecule has 0 bridgehead atoms. The SMILES string of the molecule is CS(=O)(=O)c1ccccc1-c1sc(NC(=O)c2ccc(Br)cc2)nc1-c1ccc(F)cc1. The van der Waals surface area contributed by atoms with Gasteiger partial charge in [-0.25, -0.2) is 17.8 Å². The fourth-order valence-electron chi connectivity index (χ4n) is 3.11. The molecule has 0 aliphatic carbocycles. The second-order valence-corrected chi connectivity index (χ2v) is 10.8. The maximum atomic E-state index is 13.5. The van der Waals surface area contributed by atoms with Gasteiger partial charge in [0.1, 0.15) is 5.82 Å². The number of anilines is 1. The molecule has 1 aromatic heterocycles. The quantitative estimate of drug-likeness (QED) is 0.341. The average Bonchev–Trinajstić information content (AvgIpc) is 3.17. The monoisotopic (exact) mass is 530 g/mol. The van der Waals surface area contributed by atoms with Crippen LogP contribution in [0.15, 0.2) is 82.2 Å². The molecule has 5 nitrogen and oxygen atoms in total. The first-order valence-corrected chi connectivity index (χ1v) is 12.9. The molecule has 1 N–H and O–H groups in total. The third kappa shape index (κ3) is 4.79. The van der Waals surface area contributed by atoms with Crippen LogP contribution in [0.1, 0.15) is 10.4 Å². The van der Waals surface area contributed by atoms with Gasteiger partial charge in [-0.3, -0.25) is 10.1 Å². The van der Waals surface area contributed by atoms with Crippen molar-refractivity contribution in [2.45, 2.75) is 4.90 Å². The fourth-order valence-corrected chi connectivity index (χ4v) is 5.35. The first kappa shape index (κ1) is 22.3. The summed E-state index contributed by atoms with van der Waals surface area (Å²) >= 11 is 4.49. The van der Waals surface area contributed by atoms with Crippen LogP contribution in [0.4, 0.5) is 9.52 Å². The molecule has 0 aliphatic heterocycles. The number of amides is 1. The lowest BCUT2D eigenvalue weighted by Gasteiger charge is -2.08. The minimum absolute atomic E-state index is 0.151. The predicted octanol–water partition coefficient (Wildman–Crippen LogP) is 6.03. The van der Waals surface area contributed by atoms with Crippen LogP contribution < -0.4 is 5.32 Å². The zero-order chi connectivity index (χ0) is 22.9. The lowest BCUT2D eigenvalue weighted by atomic mass is 10.1. The zero-order valence-electron chi connectivity index (χ0n) is 16.7. The molecule has 32 heavy (non-hydrogen) atoms. The topological polar surface area (TPSA) is 76.1 Å². The van der Waals surface area contributed by atoms with E-state index in [1.165, 1.54) is 18.2 Å². The van der Waals surface area contributed by atoms with E-state index in [0.29, 0.717) is 32.4 Å². The molecular formula is C23H16BrFN2O3S2. The summed E-state index contributed by atoms with van der Waals surface area (Å²) in [6.07, 6.45) is 1.14. The summed E-state index contributed by atoms with van der Waals surface area (Å²) in [5.74, 6) is -0.745. The van der Waals surface area contributed by atoms with Crippen LogP contribution in [0.2, 0.25) is 0 Å². The Morgan fingerprint density at radius 3 is 2.31 bits per heavy atom. The van der Waals surface area contributed by atoms with Crippen molar-refractivity contribution in [3.8, 4) is 21.7 Å². The molecule has 0 spiro atoms. The van der Waals surface area contributed by atoms with Crippen LogP contribution in [0.3, 0.4) is 0 Å². The summed E-state index contributed by atoms with van der Waals surface area (Å²) in [6.45, 7) is 0. The van der Waals surface area contributed by atoms with Gasteiger partial charge >= 0.3 is 0 Å². The summed E-state index contributed by atoms with van der Waals surface area (Å²) in [4.78, 5) is 17.9. The van der Waals surface area contributed by atoms with E-state index >= 15 is 0 Å². The third-order valence-corrected chi connectivity index (χ3v) is 7.29. The smallest absolute Gasteiger partial charge is 0.257 e. The maximum absolute atomic E-state index is 13.5. The number of carbonyl (C=O) groups is 1. The zero-order valence-corrected chi connectivity index (χ0v) is 19.9. The van der Waals surface area contributed by atoms with Crippen molar-refractivity contribution in [3.05, 3.63) is 88.6 Å². The Kier molecular flexibility index (Phi) is 6.23. The van der Waals surface area contributed by atoms with Gasteiger partial charge in [0.15, 0.2) is 15.0 Å². The number of benzene rings is 3. The fraction of sp³-hybridized carbons (Fsp3) is 0.0435. The van der Waals surface area contributed by atoms with Gasteiger partial charge in [0.2, 0.25) is 0 Å². The van der Waals surface area contributed by atoms with E-state index in [1.54, 1.807) is 54.6 Å². The van der Waals surface area contributed by atoms with Crippen LogP contribution in [0, 0.1) is 5.82 Å². The molecule has 0 atom stereocenters. The first-order chi connectivity index (χ1) is 15.2. The maximum Gasteiger partial charge on any atom is 0.257 e. The van der Waals surface area contributed by atoms with Crippen LogP contribution in [-0.2, 0) is 9.84 Å². The number of halogens is 2. The minimum Gasteiger partial charge on any atom is -0.298 e. The van der Waals surface area contributed by atoms with Crippen molar-refractivity contribution in [1.29, 1.82) is 0 Å². The van der Waals surface area contributed by atoms with Gasteiger partial charge in [0.05, 0.1) is 15.5 Å². The van der Waals surface area contributed by atoms with Gasteiger partial charge in [0, 0.05) is 27.4 Å². The summed E-state index contributed by atoms with van der Waals surface area (Å²) in [7, 11) is -3.52. The lowest BCUT2D eigenvalue weighted by Crippen LogP contribution is -2.11. The molecule has 162 valence electrons. The second-order valence-electron chi connectivity index (χ2n) is 6.93. The normalized spacial score (nSPS) is 11.3. The Morgan fingerprint density at radius 2 is 1.66 bits per heavy atom. The van der Waals surface area contributed by atoms with Crippen molar-refractivity contribution in [2.24, 2.45) is 0 Å². The van der Waals surface area contributed by atoms with E-state index in [4.69, 9.17) is 0 Å². The van der Waals surface area contributed by atoms with Crippen molar-refractivity contribution >= 4 is 48.1 Å². The Bertz CT molecular complexity index is 1400. The van der Waals surface area contributed by atoms with Gasteiger partial charge in [-0.1, -0.05) is 45.5 Å². The predicted molar refractivity (Wildman–Crippen MR) is 128 cm³/mol. The minimum atomic E-state index is -3.52. The molecule has 0 unspecified atom stereocenters. The van der Waals surface area contributed by atoms with Gasteiger partial charge in [-0.05, 0) is 54.6 Å². The third-order valence-electron chi connectivity index (χ3n) is 4.60. The summed E-state index contributed by atoms with van der Waals surface area (Å²) in [6, 6.07) is 19.2. The van der Waals surface area contributed by atoms with Crippen molar-refractivity contribution in [3.63, 3.8) is 0 Å². The number of nitrogens with one attached hydrogen (secondary N) is 1. The molecule has 4 rings (SSSR count). The number of carbonyl (C=O) groups excluding carboxylic acids is 1. The van der Waals surface area contributed by atoms with E-state index in [2.05, 4.69) is 26.2 Å². The summed E-state index contributed by atoms with van der Waals surface area (Å²) in [5, 5.41) is 3.08. The molecule has 0 fully saturated rings. The Hall–Kier alpha value is -2.88. The molecule has 1 heterocycles. The molecule has 0 saturated heterocycles. The number of rotatable bonds is 5. The van der Waals surface area contributed by atoms with E-state index in [9.17, 15) is 17.6 Å². The van der Waals surface area contributed by atoms with Crippen molar-refractivity contribution in [1.82, 2.24) is 4.98 Å². The molecule has 1 amide bonds. The highest BCUT2D eigenvalue weighted by molar-refractivity contribution is 9.10. The summed E-state index contributed by atoms with van der Waals surface area (Å²) < 4.78 is 39.1. The number of hydrogen-bond donors (Lipinski definition) is 1. The van der Waals surface area contributed by atoms with Crippen molar-refractivity contribution < 1.29 is 17.6 Å². The Morgan fingerprint density at radius 1 is 1.00 bits per heavy atom. The van der Waals surface area contributed by atoms with Crippen LogP contribution in [-0.4, -0.2) is 25.6 Å². The van der Waals surface area contributed by atoms with Crippen LogP contribution in [0.25, 0.3) is 21.7 Å². The van der Waals surface area contributed by atoms with Crippen LogP contribution >= 0.6 is 27.3 Å². The highest BCUT2D eigenvalue weighted by atomic mass is 79.9. The molecular weight excluding hydrogens is 515 g/mol. The second kappa shape index (κ2) is 8.93. The Labute approximate surface area is 197 Å². The number of hydrogen-bond acceptors (Lipinski definition) is 5. The molecule has 4 aromatic rings. The Balaban J connectivity index is 1.82. The van der Waals surface area contributed by atoms with E-state index in [1.807, 2.05) is 0 Å². The number of sulfone groups is 1. The lowest BCUT2D eigenvalue weighted by molar-refractivity contribution is 0.102. The average molecular weight is 531 g/mol. The molecule has 0 aliphatic rings. The first-order valence-electron chi connectivity index (χ1n) is 9.35.